The summed E-state index contributed by atoms with van der Waals surface area (Å²) in [6.45, 7) is 6.37. The third kappa shape index (κ3) is 2.82. The van der Waals surface area contributed by atoms with Crippen molar-refractivity contribution in [1.82, 2.24) is 0 Å². The Morgan fingerprint density at radius 2 is 2.10 bits per heavy atom. The zero-order chi connectivity index (χ0) is 14.9. The van der Waals surface area contributed by atoms with E-state index in [0.29, 0.717) is 29.5 Å². The lowest BCUT2D eigenvalue weighted by Crippen LogP contribution is -2.41. The second-order valence-corrected chi connectivity index (χ2v) is 5.52. The van der Waals surface area contributed by atoms with Crippen LogP contribution < -0.4 is 15.4 Å². The lowest BCUT2D eigenvalue weighted by molar-refractivity contribution is -0.121. The van der Waals surface area contributed by atoms with E-state index in [1.54, 1.807) is 30.0 Å². The van der Waals surface area contributed by atoms with Gasteiger partial charge in [0, 0.05) is 12.1 Å². The van der Waals surface area contributed by atoms with Crippen molar-refractivity contribution < 1.29 is 14.3 Å². The quantitative estimate of drug-likeness (QED) is 0.848. The van der Waals surface area contributed by atoms with Gasteiger partial charge in [0.1, 0.15) is 5.75 Å². The molecule has 1 heterocycles. The molecule has 1 aliphatic rings. The fourth-order valence-electron chi connectivity index (χ4n) is 2.18. The molecule has 1 atom stereocenters. The Bertz CT molecular complexity index is 538. The number of fused-ring (bicyclic) bond motifs is 1. The number of benzene rings is 1. The molecule has 0 aromatic heterocycles. The standard InChI is InChI=1S/C15H20N2O3/c1-9(2)7-17-12-6-11(15(19)10(3)16)4-5-13(12)20-8-14(17)18/h4-6,9-10H,7-8,16H2,1-3H3. The number of carbonyl (C=O) groups is 2. The number of amides is 1. The normalized spacial score (nSPS) is 15.8. The number of nitrogens with two attached hydrogens (primary N) is 1. The van der Waals surface area contributed by atoms with Crippen LogP contribution in [0.5, 0.6) is 5.75 Å². The number of Topliss-reactive ketones (excluding diaryl/α,β-unsaturated/α-hetero) is 1. The number of ketones is 1. The van der Waals surface area contributed by atoms with Crippen molar-refractivity contribution in [3.05, 3.63) is 23.8 Å². The second-order valence-electron chi connectivity index (χ2n) is 5.52. The fraction of sp³-hybridized carbons (Fsp3) is 0.467. The Morgan fingerprint density at radius 1 is 1.40 bits per heavy atom. The van der Waals surface area contributed by atoms with Crippen molar-refractivity contribution in [2.24, 2.45) is 11.7 Å². The van der Waals surface area contributed by atoms with Crippen LogP contribution in [0.25, 0.3) is 0 Å². The van der Waals surface area contributed by atoms with Crippen molar-refractivity contribution in [2.75, 3.05) is 18.1 Å². The van der Waals surface area contributed by atoms with Crippen LogP contribution in [0.2, 0.25) is 0 Å². The van der Waals surface area contributed by atoms with Gasteiger partial charge in [0.25, 0.3) is 5.91 Å². The summed E-state index contributed by atoms with van der Waals surface area (Å²) in [5.74, 6) is 0.732. The van der Waals surface area contributed by atoms with Gasteiger partial charge in [-0.25, -0.2) is 0 Å². The molecule has 0 aliphatic carbocycles. The Morgan fingerprint density at radius 3 is 2.70 bits per heavy atom. The summed E-state index contributed by atoms with van der Waals surface area (Å²) in [5, 5.41) is 0. The molecule has 1 amide bonds. The van der Waals surface area contributed by atoms with E-state index in [-0.39, 0.29) is 18.3 Å². The van der Waals surface area contributed by atoms with Crippen molar-refractivity contribution in [3.8, 4) is 5.75 Å². The summed E-state index contributed by atoms with van der Waals surface area (Å²) < 4.78 is 5.41. The van der Waals surface area contributed by atoms with Gasteiger partial charge in [0.2, 0.25) is 0 Å². The topological polar surface area (TPSA) is 72.6 Å². The van der Waals surface area contributed by atoms with E-state index in [4.69, 9.17) is 10.5 Å². The number of hydrogen-bond acceptors (Lipinski definition) is 4. The summed E-state index contributed by atoms with van der Waals surface area (Å²) >= 11 is 0. The first kappa shape index (κ1) is 14.5. The summed E-state index contributed by atoms with van der Waals surface area (Å²) in [6.07, 6.45) is 0. The predicted octanol–water partition coefficient (Wildman–Crippen LogP) is 1.60. The molecular formula is C15H20N2O3. The molecule has 2 N–H and O–H groups in total. The van der Waals surface area contributed by atoms with E-state index < -0.39 is 6.04 Å². The van der Waals surface area contributed by atoms with Gasteiger partial charge in [0.15, 0.2) is 12.4 Å². The highest BCUT2D eigenvalue weighted by Gasteiger charge is 2.27. The summed E-state index contributed by atoms with van der Waals surface area (Å²) in [5.41, 5.74) is 6.78. The van der Waals surface area contributed by atoms with Crippen LogP contribution in [-0.2, 0) is 4.79 Å². The SMILES string of the molecule is CC(C)CN1C(=O)COc2ccc(C(=O)C(C)N)cc21. The van der Waals surface area contributed by atoms with Crippen LogP contribution in [0.3, 0.4) is 0 Å². The van der Waals surface area contributed by atoms with Gasteiger partial charge in [-0.2, -0.15) is 0 Å². The summed E-state index contributed by atoms with van der Waals surface area (Å²) in [6, 6.07) is 4.55. The molecular weight excluding hydrogens is 256 g/mol. The molecule has 0 saturated carbocycles. The van der Waals surface area contributed by atoms with Crippen LogP contribution >= 0.6 is 0 Å². The third-order valence-corrected chi connectivity index (χ3v) is 3.15. The molecule has 0 fully saturated rings. The maximum absolute atomic E-state index is 12.0. The van der Waals surface area contributed by atoms with Gasteiger partial charge in [-0.15, -0.1) is 0 Å². The number of rotatable bonds is 4. The molecule has 2 rings (SSSR count). The molecule has 0 saturated heterocycles. The lowest BCUT2D eigenvalue weighted by atomic mass is 10.0. The highest BCUT2D eigenvalue weighted by Crippen LogP contribution is 2.33. The average Bonchev–Trinajstić information content (AvgIpc) is 2.40. The molecule has 1 aliphatic heterocycles. The number of nitrogens with zero attached hydrogens (tertiary/aromatic N) is 1. The molecule has 108 valence electrons. The van der Waals surface area contributed by atoms with E-state index in [9.17, 15) is 9.59 Å². The first-order chi connectivity index (χ1) is 9.40. The molecule has 1 unspecified atom stereocenters. The molecule has 5 nitrogen and oxygen atoms in total. The monoisotopic (exact) mass is 276 g/mol. The van der Waals surface area contributed by atoms with Crippen LogP contribution in [0, 0.1) is 5.92 Å². The number of ether oxygens (including phenoxy) is 1. The smallest absolute Gasteiger partial charge is 0.265 e. The number of hydrogen-bond donors (Lipinski definition) is 1. The molecule has 1 aromatic rings. The number of carbonyl (C=O) groups excluding carboxylic acids is 2. The molecule has 20 heavy (non-hydrogen) atoms. The van der Waals surface area contributed by atoms with Crippen LogP contribution in [-0.4, -0.2) is 30.9 Å². The zero-order valence-corrected chi connectivity index (χ0v) is 12.1. The van der Waals surface area contributed by atoms with Gasteiger partial charge >= 0.3 is 0 Å². The first-order valence-corrected chi connectivity index (χ1v) is 6.77. The fourth-order valence-corrected chi connectivity index (χ4v) is 2.18. The van der Waals surface area contributed by atoms with Crippen LogP contribution in [0.1, 0.15) is 31.1 Å². The van der Waals surface area contributed by atoms with E-state index in [1.165, 1.54) is 0 Å². The minimum absolute atomic E-state index is 0.0420. The maximum atomic E-state index is 12.0. The second kappa shape index (κ2) is 5.63. The number of anilines is 1. The highest BCUT2D eigenvalue weighted by molar-refractivity contribution is 6.03. The Balaban J connectivity index is 2.41. The van der Waals surface area contributed by atoms with Crippen LogP contribution in [0.4, 0.5) is 5.69 Å². The molecule has 0 radical (unpaired) electrons. The van der Waals surface area contributed by atoms with E-state index in [0.717, 1.165) is 0 Å². The Labute approximate surface area is 118 Å². The van der Waals surface area contributed by atoms with Gasteiger partial charge in [-0.1, -0.05) is 13.8 Å². The lowest BCUT2D eigenvalue weighted by Gasteiger charge is -2.31. The molecule has 0 spiro atoms. The van der Waals surface area contributed by atoms with Crippen molar-refractivity contribution >= 4 is 17.4 Å². The van der Waals surface area contributed by atoms with E-state index in [1.807, 2.05) is 13.8 Å². The minimum Gasteiger partial charge on any atom is -0.482 e. The molecule has 0 bridgehead atoms. The third-order valence-electron chi connectivity index (χ3n) is 3.15. The van der Waals surface area contributed by atoms with Crippen molar-refractivity contribution in [2.45, 2.75) is 26.8 Å². The average molecular weight is 276 g/mol. The van der Waals surface area contributed by atoms with Gasteiger partial charge in [0.05, 0.1) is 11.7 Å². The van der Waals surface area contributed by atoms with Gasteiger partial charge in [-0.05, 0) is 31.0 Å². The Hall–Kier alpha value is -1.88. The molecule has 5 heteroatoms. The zero-order valence-electron chi connectivity index (χ0n) is 12.1. The van der Waals surface area contributed by atoms with E-state index in [2.05, 4.69) is 0 Å². The van der Waals surface area contributed by atoms with E-state index >= 15 is 0 Å². The Kier molecular flexibility index (Phi) is 4.09. The maximum Gasteiger partial charge on any atom is 0.265 e. The predicted molar refractivity (Wildman–Crippen MR) is 77.1 cm³/mol. The molecule has 1 aromatic carbocycles. The summed E-state index contributed by atoms with van der Waals surface area (Å²) in [4.78, 5) is 25.7. The van der Waals surface area contributed by atoms with Gasteiger partial charge in [-0.3, -0.25) is 9.59 Å². The summed E-state index contributed by atoms with van der Waals surface area (Å²) in [7, 11) is 0. The highest BCUT2D eigenvalue weighted by atomic mass is 16.5. The first-order valence-electron chi connectivity index (χ1n) is 6.77. The van der Waals surface area contributed by atoms with Crippen molar-refractivity contribution in [3.63, 3.8) is 0 Å². The van der Waals surface area contributed by atoms with Crippen LogP contribution in [0.15, 0.2) is 18.2 Å². The van der Waals surface area contributed by atoms with Gasteiger partial charge < -0.3 is 15.4 Å². The minimum atomic E-state index is -0.563. The largest absolute Gasteiger partial charge is 0.482 e. The van der Waals surface area contributed by atoms with Crippen molar-refractivity contribution in [1.29, 1.82) is 0 Å².